The van der Waals surface area contributed by atoms with E-state index in [1.807, 2.05) is 57.2 Å². The van der Waals surface area contributed by atoms with Crippen molar-refractivity contribution in [1.29, 1.82) is 0 Å². The van der Waals surface area contributed by atoms with Gasteiger partial charge in [0.2, 0.25) is 11.8 Å². The van der Waals surface area contributed by atoms with E-state index in [9.17, 15) is 18.0 Å². The molecule has 2 amide bonds. The molecule has 7 nitrogen and oxygen atoms in total. The van der Waals surface area contributed by atoms with Gasteiger partial charge in [-0.05, 0) is 68.5 Å². The third-order valence-corrected chi connectivity index (χ3v) is 8.71. The lowest BCUT2D eigenvalue weighted by Gasteiger charge is -2.32. The van der Waals surface area contributed by atoms with E-state index >= 15 is 0 Å². The molecule has 8 heteroatoms. The maximum atomic E-state index is 14.0. The van der Waals surface area contributed by atoms with E-state index in [2.05, 4.69) is 19.2 Å². The van der Waals surface area contributed by atoms with Gasteiger partial charge in [-0.15, -0.1) is 0 Å². The Morgan fingerprint density at radius 3 is 1.90 bits per heavy atom. The summed E-state index contributed by atoms with van der Waals surface area (Å²) in [5.74, 6) is -0.481. The second-order valence-corrected chi connectivity index (χ2v) is 12.4. The van der Waals surface area contributed by atoms with Crippen LogP contribution in [0.2, 0.25) is 0 Å². The Bertz CT molecular complexity index is 1380. The Balaban J connectivity index is 2.03. The molecule has 1 atom stereocenters. The first kappa shape index (κ1) is 30.9. The molecule has 0 radical (unpaired) electrons. The van der Waals surface area contributed by atoms with E-state index in [4.69, 9.17) is 0 Å². The SMILES string of the molecule is CCCNC(=O)[C@H](C)N(Cc1ccc(C)cc1)C(=O)CN(c1ccc(C(C)C)cc1)S(=O)(=O)c1ccc(C)cc1. The van der Waals surface area contributed by atoms with Gasteiger partial charge in [-0.25, -0.2) is 8.42 Å². The van der Waals surface area contributed by atoms with Crippen LogP contribution in [-0.2, 0) is 26.2 Å². The van der Waals surface area contributed by atoms with Gasteiger partial charge in [0.25, 0.3) is 10.0 Å². The van der Waals surface area contributed by atoms with Gasteiger partial charge in [0.05, 0.1) is 10.6 Å². The molecule has 0 saturated heterocycles. The standard InChI is InChI=1S/C32H41N3O4S/c1-7-20-33-32(37)26(6)34(21-27-12-8-24(4)9-13-27)31(36)22-35(29-16-14-28(15-17-29)23(2)3)40(38,39)30-18-10-25(5)11-19-30/h8-19,23,26H,7,20-22H2,1-6H3,(H,33,37)/t26-/m0/s1. The third-order valence-electron chi connectivity index (χ3n) is 6.93. The zero-order chi connectivity index (χ0) is 29.4. The first-order valence-corrected chi connectivity index (χ1v) is 15.2. The van der Waals surface area contributed by atoms with E-state index < -0.39 is 28.5 Å². The highest BCUT2D eigenvalue weighted by atomic mass is 32.2. The van der Waals surface area contributed by atoms with Crippen LogP contribution in [0.1, 0.15) is 62.3 Å². The van der Waals surface area contributed by atoms with E-state index in [-0.39, 0.29) is 23.3 Å². The number of carbonyl (C=O) groups is 2. The monoisotopic (exact) mass is 563 g/mol. The van der Waals surface area contributed by atoms with Crippen molar-refractivity contribution in [2.75, 3.05) is 17.4 Å². The fourth-order valence-electron chi connectivity index (χ4n) is 4.26. The van der Waals surface area contributed by atoms with Crippen molar-refractivity contribution in [3.63, 3.8) is 0 Å². The van der Waals surface area contributed by atoms with Crippen LogP contribution in [0.15, 0.2) is 77.7 Å². The second kappa shape index (κ2) is 13.6. The molecular formula is C32H41N3O4S. The molecule has 0 bridgehead atoms. The van der Waals surface area contributed by atoms with Crippen LogP contribution in [0.3, 0.4) is 0 Å². The summed E-state index contributed by atoms with van der Waals surface area (Å²) in [6.45, 7) is 11.8. The molecule has 0 aliphatic rings. The molecule has 3 aromatic carbocycles. The van der Waals surface area contributed by atoms with E-state index in [1.165, 1.54) is 4.90 Å². The highest BCUT2D eigenvalue weighted by Crippen LogP contribution is 2.27. The molecule has 0 spiro atoms. The van der Waals surface area contributed by atoms with Gasteiger partial charge in [-0.3, -0.25) is 13.9 Å². The Hall–Kier alpha value is -3.65. The van der Waals surface area contributed by atoms with Gasteiger partial charge in [0.15, 0.2) is 0 Å². The number of anilines is 1. The van der Waals surface area contributed by atoms with Crippen LogP contribution in [0.4, 0.5) is 5.69 Å². The van der Waals surface area contributed by atoms with Crippen LogP contribution >= 0.6 is 0 Å². The summed E-state index contributed by atoms with van der Waals surface area (Å²) in [5.41, 5.74) is 4.31. The van der Waals surface area contributed by atoms with Crippen molar-refractivity contribution in [2.24, 2.45) is 0 Å². The normalized spacial score (nSPS) is 12.2. The van der Waals surface area contributed by atoms with Crippen molar-refractivity contribution >= 4 is 27.5 Å². The minimum atomic E-state index is -4.09. The minimum absolute atomic E-state index is 0.0951. The highest BCUT2D eigenvalue weighted by molar-refractivity contribution is 7.92. The van der Waals surface area contributed by atoms with Crippen LogP contribution < -0.4 is 9.62 Å². The Morgan fingerprint density at radius 1 is 0.825 bits per heavy atom. The average molecular weight is 564 g/mol. The van der Waals surface area contributed by atoms with Crippen molar-refractivity contribution in [1.82, 2.24) is 10.2 Å². The fourth-order valence-corrected chi connectivity index (χ4v) is 5.67. The van der Waals surface area contributed by atoms with E-state index in [0.717, 1.165) is 33.0 Å². The number of nitrogens with zero attached hydrogens (tertiary/aromatic N) is 2. The number of sulfonamides is 1. The maximum Gasteiger partial charge on any atom is 0.264 e. The fraction of sp³-hybridized carbons (Fsp3) is 0.375. The number of amides is 2. The molecule has 0 fully saturated rings. The smallest absolute Gasteiger partial charge is 0.264 e. The minimum Gasteiger partial charge on any atom is -0.354 e. The molecular weight excluding hydrogens is 522 g/mol. The van der Waals surface area contributed by atoms with Crippen molar-refractivity contribution in [3.05, 3.63) is 95.1 Å². The van der Waals surface area contributed by atoms with E-state index in [0.29, 0.717) is 12.2 Å². The van der Waals surface area contributed by atoms with Gasteiger partial charge in [-0.2, -0.15) is 0 Å². The predicted octanol–water partition coefficient (Wildman–Crippen LogP) is 5.57. The summed E-state index contributed by atoms with van der Waals surface area (Å²) in [7, 11) is -4.09. The molecule has 0 aromatic heterocycles. The second-order valence-electron chi connectivity index (χ2n) is 10.5. The first-order chi connectivity index (χ1) is 18.9. The first-order valence-electron chi connectivity index (χ1n) is 13.8. The molecule has 40 heavy (non-hydrogen) atoms. The van der Waals surface area contributed by atoms with Crippen LogP contribution in [0.25, 0.3) is 0 Å². The zero-order valence-corrected chi connectivity index (χ0v) is 25.2. The Morgan fingerprint density at radius 2 is 1.38 bits per heavy atom. The summed E-state index contributed by atoms with van der Waals surface area (Å²) in [6, 6.07) is 20.7. The van der Waals surface area contributed by atoms with Crippen LogP contribution in [0.5, 0.6) is 0 Å². The largest absolute Gasteiger partial charge is 0.354 e. The predicted molar refractivity (Wildman–Crippen MR) is 161 cm³/mol. The number of nitrogens with one attached hydrogen (secondary N) is 1. The average Bonchev–Trinajstić information content (AvgIpc) is 2.94. The molecule has 0 saturated carbocycles. The zero-order valence-electron chi connectivity index (χ0n) is 24.3. The maximum absolute atomic E-state index is 14.0. The van der Waals surface area contributed by atoms with Crippen LogP contribution in [-0.4, -0.2) is 44.3 Å². The molecule has 0 aliphatic carbocycles. The van der Waals surface area contributed by atoms with Gasteiger partial charge in [-0.1, -0.05) is 80.4 Å². The van der Waals surface area contributed by atoms with Gasteiger partial charge < -0.3 is 10.2 Å². The number of carbonyl (C=O) groups excluding carboxylic acids is 2. The van der Waals surface area contributed by atoms with Crippen molar-refractivity contribution < 1.29 is 18.0 Å². The molecule has 1 N–H and O–H groups in total. The Kier molecular flexibility index (Phi) is 10.5. The number of rotatable bonds is 12. The molecule has 3 rings (SSSR count). The highest BCUT2D eigenvalue weighted by Gasteiger charge is 2.32. The summed E-state index contributed by atoms with van der Waals surface area (Å²) in [4.78, 5) is 28.5. The Labute approximate surface area is 239 Å². The summed E-state index contributed by atoms with van der Waals surface area (Å²) >= 11 is 0. The number of hydrogen-bond acceptors (Lipinski definition) is 4. The molecule has 3 aromatic rings. The van der Waals surface area contributed by atoms with Crippen LogP contribution in [0, 0.1) is 13.8 Å². The third kappa shape index (κ3) is 7.72. The topological polar surface area (TPSA) is 86.8 Å². The number of hydrogen-bond donors (Lipinski definition) is 1. The van der Waals surface area contributed by atoms with Crippen molar-refractivity contribution in [2.45, 2.75) is 71.4 Å². The summed E-state index contributed by atoms with van der Waals surface area (Å²) in [5, 5.41) is 2.86. The molecule has 0 aliphatic heterocycles. The lowest BCUT2D eigenvalue weighted by atomic mass is 10.0. The summed E-state index contributed by atoms with van der Waals surface area (Å²) in [6.07, 6.45) is 0.763. The lowest BCUT2D eigenvalue weighted by molar-refractivity contribution is -0.139. The van der Waals surface area contributed by atoms with Gasteiger partial charge >= 0.3 is 0 Å². The summed E-state index contributed by atoms with van der Waals surface area (Å²) < 4.78 is 29.0. The van der Waals surface area contributed by atoms with E-state index in [1.54, 1.807) is 43.3 Å². The molecule has 0 unspecified atom stereocenters. The van der Waals surface area contributed by atoms with Gasteiger partial charge in [0.1, 0.15) is 12.6 Å². The molecule has 214 valence electrons. The lowest BCUT2D eigenvalue weighted by Crippen LogP contribution is -2.51. The molecule has 0 heterocycles. The quantitative estimate of drug-likeness (QED) is 0.312. The van der Waals surface area contributed by atoms with Gasteiger partial charge in [0, 0.05) is 13.1 Å². The number of aryl methyl sites for hydroxylation is 2. The van der Waals surface area contributed by atoms with Crippen molar-refractivity contribution in [3.8, 4) is 0 Å². The number of benzene rings is 3.